The molecule has 1 fully saturated rings. The molecule has 1 aromatic rings. The number of amides is 3. The molecule has 28 heavy (non-hydrogen) atoms. The van der Waals surface area contributed by atoms with Gasteiger partial charge >= 0.3 is 0 Å². The van der Waals surface area contributed by atoms with Gasteiger partial charge in [-0.15, -0.1) is 0 Å². The van der Waals surface area contributed by atoms with Crippen molar-refractivity contribution in [1.29, 1.82) is 0 Å². The number of rotatable bonds is 10. The molecule has 0 radical (unpaired) electrons. The molecule has 1 aromatic carbocycles. The Bertz CT molecular complexity index is 793. The van der Waals surface area contributed by atoms with Crippen molar-refractivity contribution in [2.45, 2.75) is 0 Å². The molecule has 0 aliphatic carbocycles. The Morgan fingerprint density at radius 1 is 1.29 bits per heavy atom. The van der Waals surface area contributed by atoms with Gasteiger partial charge in [-0.05, 0) is 35.5 Å². The summed E-state index contributed by atoms with van der Waals surface area (Å²) < 4.78 is 15.6. The van der Waals surface area contributed by atoms with Crippen LogP contribution >= 0.6 is 11.8 Å². The van der Waals surface area contributed by atoms with E-state index in [-0.39, 0.29) is 11.4 Å². The summed E-state index contributed by atoms with van der Waals surface area (Å²) in [5, 5.41) is 2.09. The third kappa shape index (κ3) is 5.61. The van der Waals surface area contributed by atoms with E-state index >= 15 is 0 Å². The van der Waals surface area contributed by atoms with Crippen LogP contribution in [0.5, 0.6) is 11.5 Å². The molecular formula is C19H22N2O6S. The van der Waals surface area contributed by atoms with Crippen molar-refractivity contribution in [2.75, 3.05) is 40.5 Å². The monoisotopic (exact) mass is 406 g/mol. The molecule has 2 rings (SSSR count). The Balaban J connectivity index is 2.10. The van der Waals surface area contributed by atoms with E-state index in [1.54, 1.807) is 30.4 Å². The molecule has 1 aliphatic rings. The quantitative estimate of drug-likeness (QED) is 0.361. The van der Waals surface area contributed by atoms with Crippen molar-refractivity contribution in [1.82, 2.24) is 10.2 Å². The van der Waals surface area contributed by atoms with Crippen LogP contribution in [0.1, 0.15) is 5.56 Å². The van der Waals surface area contributed by atoms with Crippen molar-refractivity contribution < 1.29 is 28.6 Å². The predicted molar refractivity (Wildman–Crippen MR) is 106 cm³/mol. The maximum atomic E-state index is 12.5. The van der Waals surface area contributed by atoms with Crippen molar-refractivity contribution in [3.05, 3.63) is 41.3 Å². The molecule has 0 saturated carbocycles. The van der Waals surface area contributed by atoms with Crippen LogP contribution in [0.2, 0.25) is 0 Å². The van der Waals surface area contributed by atoms with Crippen LogP contribution in [0, 0.1) is 0 Å². The van der Waals surface area contributed by atoms with Crippen LogP contribution in [0.25, 0.3) is 6.08 Å². The Morgan fingerprint density at radius 2 is 2.07 bits per heavy atom. The number of nitrogens with one attached hydrogen (secondary N) is 1. The smallest absolute Gasteiger partial charge is 0.294 e. The van der Waals surface area contributed by atoms with E-state index < -0.39 is 17.1 Å². The summed E-state index contributed by atoms with van der Waals surface area (Å²) >= 11 is 0.787. The van der Waals surface area contributed by atoms with Crippen LogP contribution in [-0.2, 0) is 14.3 Å². The summed E-state index contributed by atoms with van der Waals surface area (Å²) in [7, 11) is 3.02. The SMILES string of the molecule is C=CCOc1ccc(/C=C2\SC(=O)N(CC(=O)NCCOC)C2=O)cc1OC. The highest BCUT2D eigenvalue weighted by molar-refractivity contribution is 8.18. The standard InChI is InChI=1S/C19H22N2O6S/c1-4-8-27-14-6-5-13(10-15(14)26-3)11-16-18(23)21(19(24)28-16)12-17(22)20-7-9-25-2/h4-6,10-11H,1,7-9,12H2,2-3H3,(H,20,22)/b16-11-. The van der Waals surface area contributed by atoms with Gasteiger partial charge in [0.25, 0.3) is 11.1 Å². The van der Waals surface area contributed by atoms with Crippen molar-refractivity contribution in [2.24, 2.45) is 0 Å². The Kier molecular flexibility index (Phi) is 8.09. The van der Waals surface area contributed by atoms with Crippen LogP contribution < -0.4 is 14.8 Å². The van der Waals surface area contributed by atoms with Crippen LogP contribution in [0.4, 0.5) is 4.79 Å². The Hall–Kier alpha value is -2.78. The van der Waals surface area contributed by atoms with Crippen molar-refractivity contribution >= 4 is 34.9 Å². The number of benzene rings is 1. The van der Waals surface area contributed by atoms with Crippen molar-refractivity contribution in [3.8, 4) is 11.5 Å². The molecule has 8 nitrogen and oxygen atoms in total. The lowest BCUT2D eigenvalue weighted by Gasteiger charge is -2.12. The molecule has 0 atom stereocenters. The lowest BCUT2D eigenvalue weighted by atomic mass is 10.2. The highest BCUT2D eigenvalue weighted by Crippen LogP contribution is 2.34. The summed E-state index contributed by atoms with van der Waals surface area (Å²) in [5.41, 5.74) is 0.665. The third-order valence-electron chi connectivity index (χ3n) is 3.65. The van der Waals surface area contributed by atoms with Gasteiger partial charge in [-0.25, -0.2) is 0 Å². The number of hydrogen-bond donors (Lipinski definition) is 1. The Labute approximate surface area is 167 Å². The largest absolute Gasteiger partial charge is 0.493 e. The molecule has 0 unspecified atom stereocenters. The summed E-state index contributed by atoms with van der Waals surface area (Å²) in [5.74, 6) is 0.0987. The third-order valence-corrected chi connectivity index (χ3v) is 4.55. The van der Waals surface area contributed by atoms with E-state index in [4.69, 9.17) is 14.2 Å². The predicted octanol–water partition coefficient (Wildman–Crippen LogP) is 2.06. The number of thioether (sulfide) groups is 1. The first-order valence-electron chi connectivity index (χ1n) is 8.43. The van der Waals surface area contributed by atoms with Gasteiger partial charge in [-0.3, -0.25) is 19.3 Å². The normalized spacial score (nSPS) is 15.1. The highest BCUT2D eigenvalue weighted by atomic mass is 32.2. The van der Waals surface area contributed by atoms with Gasteiger partial charge in [0, 0.05) is 13.7 Å². The fourth-order valence-electron chi connectivity index (χ4n) is 2.32. The van der Waals surface area contributed by atoms with Gasteiger partial charge < -0.3 is 19.5 Å². The number of hydrogen-bond acceptors (Lipinski definition) is 7. The minimum atomic E-state index is -0.511. The minimum absolute atomic E-state index is 0.233. The lowest BCUT2D eigenvalue weighted by Crippen LogP contribution is -2.40. The molecule has 9 heteroatoms. The van der Waals surface area contributed by atoms with Crippen molar-refractivity contribution in [3.63, 3.8) is 0 Å². The molecule has 1 aliphatic heterocycles. The first kappa shape index (κ1) is 21.5. The maximum Gasteiger partial charge on any atom is 0.294 e. The number of nitrogens with zero attached hydrogens (tertiary/aromatic N) is 1. The van der Waals surface area contributed by atoms with Gasteiger partial charge in [0.2, 0.25) is 5.91 Å². The van der Waals surface area contributed by atoms with Gasteiger partial charge in [0.05, 0.1) is 18.6 Å². The first-order chi connectivity index (χ1) is 13.5. The number of ether oxygens (including phenoxy) is 3. The number of methoxy groups -OCH3 is 2. The second kappa shape index (κ2) is 10.5. The molecule has 1 saturated heterocycles. The zero-order valence-electron chi connectivity index (χ0n) is 15.7. The van der Waals surface area contributed by atoms with E-state index in [0.29, 0.717) is 36.8 Å². The summed E-state index contributed by atoms with van der Waals surface area (Å²) in [4.78, 5) is 37.6. The van der Waals surface area contributed by atoms with E-state index in [0.717, 1.165) is 16.7 Å². The van der Waals surface area contributed by atoms with E-state index in [2.05, 4.69) is 11.9 Å². The number of carbonyl (C=O) groups is 3. The summed E-state index contributed by atoms with van der Waals surface area (Å²) in [6.45, 7) is 4.25. The van der Waals surface area contributed by atoms with Gasteiger partial charge in [-0.2, -0.15) is 0 Å². The average molecular weight is 406 g/mol. The topological polar surface area (TPSA) is 94.2 Å². The molecule has 1 heterocycles. The van der Waals surface area contributed by atoms with Gasteiger partial charge in [0.15, 0.2) is 11.5 Å². The van der Waals surface area contributed by atoms with E-state index in [1.165, 1.54) is 14.2 Å². The zero-order valence-corrected chi connectivity index (χ0v) is 16.5. The summed E-state index contributed by atoms with van der Waals surface area (Å²) in [6, 6.07) is 5.15. The molecule has 1 N–H and O–H groups in total. The molecular weight excluding hydrogens is 384 g/mol. The molecule has 0 spiro atoms. The average Bonchev–Trinajstić information content (AvgIpc) is 2.94. The lowest BCUT2D eigenvalue weighted by molar-refractivity contribution is -0.129. The van der Waals surface area contributed by atoms with E-state index in [9.17, 15) is 14.4 Å². The van der Waals surface area contributed by atoms with Crippen LogP contribution in [0.3, 0.4) is 0 Å². The number of carbonyl (C=O) groups excluding carboxylic acids is 3. The zero-order chi connectivity index (χ0) is 20.5. The first-order valence-corrected chi connectivity index (χ1v) is 9.24. The molecule has 150 valence electrons. The maximum absolute atomic E-state index is 12.5. The Morgan fingerprint density at radius 3 is 2.75 bits per heavy atom. The fraction of sp³-hybridized carbons (Fsp3) is 0.316. The van der Waals surface area contributed by atoms with Gasteiger partial charge in [-0.1, -0.05) is 18.7 Å². The second-order valence-electron chi connectivity index (χ2n) is 5.62. The van der Waals surface area contributed by atoms with Crippen LogP contribution in [0.15, 0.2) is 35.8 Å². The fourth-order valence-corrected chi connectivity index (χ4v) is 3.16. The number of imide groups is 1. The molecule has 3 amide bonds. The minimum Gasteiger partial charge on any atom is -0.493 e. The van der Waals surface area contributed by atoms with Crippen LogP contribution in [-0.4, -0.2) is 62.5 Å². The van der Waals surface area contributed by atoms with Gasteiger partial charge in [0.1, 0.15) is 13.2 Å². The molecule has 0 bridgehead atoms. The highest BCUT2D eigenvalue weighted by Gasteiger charge is 2.36. The summed E-state index contributed by atoms with van der Waals surface area (Å²) in [6.07, 6.45) is 3.20. The van der Waals surface area contributed by atoms with E-state index in [1.807, 2.05) is 0 Å². The second-order valence-corrected chi connectivity index (χ2v) is 6.61. The molecule has 0 aromatic heterocycles.